The molecule has 164 valence electrons. The molecule has 1 heterocycles. The van der Waals surface area contributed by atoms with Gasteiger partial charge in [0.25, 0.3) is 0 Å². The van der Waals surface area contributed by atoms with Crippen LogP contribution < -0.4 is 10.2 Å². The number of aliphatic hydroxyl groups excluding tert-OH is 1. The minimum absolute atomic E-state index is 0.0150. The van der Waals surface area contributed by atoms with Crippen LogP contribution >= 0.6 is 11.6 Å². The number of nitrogens with zero attached hydrogens (tertiary/aromatic N) is 1. The zero-order valence-corrected chi connectivity index (χ0v) is 18.7. The molecule has 0 radical (unpaired) electrons. The fraction of sp³-hybridized carbons (Fsp3) is 0.333. The van der Waals surface area contributed by atoms with Crippen molar-refractivity contribution in [2.24, 2.45) is 5.92 Å². The second kappa shape index (κ2) is 9.20. The van der Waals surface area contributed by atoms with Crippen molar-refractivity contribution in [3.63, 3.8) is 0 Å². The minimum Gasteiger partial charge on any atom is -0.496 e. The molecule has 0 saturated carbocycles. The molecular weight excluding hydrogens is 421 g/mol. The Bertz CT molecular complexity index is 1200. The van der Waals surface area contributed by atoms with Crippen molar-refractivity contribution in [1.29, 1.82) is 0 Å². The van der Waals surface area contributed by atoms with Gasteiger partial charge in [-0.25, -0.2) is 4.39 Å². The highest BCUT2D eigenvalue weighted by Crippen LogP contribution is 2.31. The van der Waals surface area contributed by atoms with E-state index in [0.29, 0.717) is 27.8 Å². The Hall–Kier alpha value is -2.70. The largest absolute Gasteiger partial charge is 0.496 e. The van der Waals surface area contributed by atoms with E-state index in [-0.39, 0.29) is 41.4 Å². The molecule has 2 aromatic carbocycles. The third-order valence-corrected chi connectivity index (χ3v) is 5.83. The number of benzene rings is 2. The van der Waals surface area contributed by atoms with Crippen LogP contribution in [0.4, 0.5) is 4.39 Å². The van der Waals surface area contributed by atoms with Crippen LogP contribution in [-0.2, 0) is 6.42 Å². The summed E-state index contributed by atoms with van der Waals surface area (Å²) in [4.78, 5) is 25.3. The fourth-order valence-corrected chi connectivity index (χ4v) is 3.98. The van der Waals surface area contributed by atoms with E-state index < -0.39 is 11.2 Å². The Balaban J connectivity index is 2.32. The molecule has 0 bridgehead atoms. The molecule has 1 unspecified atom stereocenters. The van der Waals surface area contributed by atoms with Gasteiger partial charge in [0.05, 0.1) is 35.9 Å². The Kier molecular flexibility index (Phi) is 6.82. The first-order valence-corrected chi connectivity index (χ1v) is 10.4. The number of halogens is 2. The number of hydrogen-bond donors (Lipinski definition) is 1. The van der Waals surface area contributed by atoms with Gasteiger partial charge in [0.2, 0.25) is 0 Å². The third-order valence-electron chi connectivity index (χ3n) is 5.54. The van der Waals surface area contributed by atoms with Crippen molar-refractivity contribution in [3.8, 4) is 5.75 Å². The lowest BCUT2D eigenvalue weighted by atomic mass is 9.98. The fourth-order valence-electron chi connectivity index (χ4n) is 3.79. The van der Waals surface area contributed by atoms with Crippen LogP contribution in [0.25, 0.3) is 10.9 Å². The highest BCUT2D eigenvalue weighted by Gasteiger charge is 2.22. The van der Waals surface area contributed by atoms with Crippen molar-refractivity contribution in [2.45, 2.75) is 33.2 Å². The number of hydrogen-bond acceptors (Lipinski definition) is 4. The van der Waals surface area contributed by atoms with E-state index in [2.05, 4.69) is 0 Å². The number of fused-ring (bicyclic) bond motifs is 1. The lowest BCUT2D eigenvalue weighted by Crippen LogP contribution is -2.25. The van der Waals surface area contributed by atoms with Crippen molar-refractivity contribution in [2.75, 3.05) is 13.7 Å². The maximum absolute atomic E-state index is 14.5. The molecule has 1 aromatic heterocycles. The van der Waals surface area contributed by atoms with Crippen LogP contribution in [0.2, 0.25) is 5.02 Å². The maximum atomic E-state index is 14.5. The Morgan fingerprint density at radius 3 is 2.55 bits per heavy atom. The first kappa shape index (κ1) is 23.0. The Morgan fingerprint density at radius 1 is 1.26 bits per heavy atom. The van der Waals surface area contributed by atoms with Crippen LogP contribution in [-0.4, -0.2) is 29.2 Å². The van der Waals surface area contributed by atoms with Crippen molar-refractivity contribution >= 4 is 28.3 Å². The summed E-state index contributed by atoms with van der Waals surface area (Å²) >= 11 is 5.91. The van der Waals surface area contributed by atoms with Crippen LogP contribution in [0.5, 0.6) is 5.75 Å². The molecule has 0 aliphatic carbocycles. The van der Waals surface area contributed by atoms with Crippen LogP contribution in [0.1, 0.15) is 48.3 Å². The van der Waals surface area contributed by atoms with E-state index in [4.69, 9.17) is 16.3 Å². The number of pyridine rings is 1. The lowest BCUT2D eigenvalue weighted by molar-refractivity contribution is 0.101. The van der Waals surface area contributed by atoms with Gasteiger partial charge in [-0.3, -0.25) is 9.59 Å². The van der Waals surface area contributed by atoms with Gasteiger partial charge in [-0.15, -0.1) is 0 Å². The number of carbonyl (C=O) groups is 1. The summed E-state index contributed by atoms with van der Waals surface area (Å²) < 4.78 is 21.8. The van der Waals surface area contributed by atoms with Gasteiger partial charge in [-0.2, -0.15) is 0 Å². The van der Waals surface area contributed by atoms with Gasteiger partial charge in [-0.1, -0.05) is 37.6 Å². The van der Waals surface area contributed by atoms with Crippen LogP contribution in [0.15, 0.2) is 41.3 Å². The third kappa shape index (κ3) is 4.36. The van der Waals surface area contributed by atoms with E-state index in [0.717, 1.165) is 0 Å². The van der Waals surface area contributed by atoms with E-state index in [1.165, 1.54) is 26.3 Å². The predicted molar refractivity (Wildman–Crippen MR) is 120 cm³/mol. The SMILES string of the molecule is COc1cc2c(cc1Cc1cccc(Cl)c1F)c(=O)c(C(C)=O)cn2C(CO)C(C)C. The molecular formula is C24H25ClFNO4. The van der Waals surface area contributed by atoms with Crippen LogP contribution in [0.3, 0.4) is 0 Å². The second-order valence-corrected chi connectivity index (χ2v) is 8.31. The Morgan fingerprint density at radius 2 is 1.97 bits per heavy atom. The smallest absolute Gasteiger partial charge is 0.200 e. The molecule has 3 aromatic rings. The number of ketones is 1. The monoisotopic (exact) mass is 445 g/mol. The first-order valence-electron chi connectivity index (χ1n) is 10.00. The Labute approximate surface area is 185 Å². The molecule has 7 heteroatoms. The van der Waals surface area contributed by atoms with Gasteiger partial charge < -0.3 is 14.4 Å². The molecule has 5 nitrogen and oxygen atoms in total. The minimum atomic E-state index is -0.527. The zero-order valence-electron chi connectivity index (χ0n) is 17.9. The molecule has 0 saturated heterocycles. The zero-order chi connectivity index (χ0) is 22.9. The molecule has 0 spiro atoms. The number of Topliss-reactive ketones (excluding diaryl/α,β-unsaturated/α-hetero) is 1. The van der Waals surface area contributed by atoms with Crippen molar-refractivity contribution < 1.29 is 19.0 Å². The van der Waals surface area contributed by atoms with E-state index in [1.54, 1.807) is 28.8 Å². The van der Waals surface area contributed by atoms with E-state index in [1.807, 2.05) is 13.8 Å². The normalized spacial score (nSPS) is 12.4. The molecule has 0 fully saturated rings. The number of methoxy groups -OCH3 is 1. The van der Waals surface area contributed by atoms with Gasteiger partial charge in [-0.05, 0) is 36.1 Å². The molecule has 3 rings (SSSR count). The number of aliphatic hydroxyl groups is 1. The number of rotatable bonds is 7. The quantitative estimate of drug-likeness (QED) is 0.531. The molecule has 0 aliphatic rings. The van der Waals surface area contributed by atoms with Gasteiger partial charge in [0, 0.05) is 24.1 Å². The van der Waals surface area contributed by atoms with Gasteiger partial charge in [0.1, 0.15) is 11.6 Å². The molecule has 0 amide bonds. The standard InChI is InChI=1S/C24H25ClFNO4/c1-13(2)21(12-28)27-11-18(14(3)29)24(30)17-9-16(22(31-4)10-20(17)27)8-15-6-5-7-19(25)23(15)26/h5-7,9-11,13,21,28H,8,12H2,1-4H3. The van der Waals surface area contributed by atoms with E-state index >= 15 is 0 Å². The van der Waals surface area contributed by atoms with Crippen molar-refractivity contribution in [1.82, 2.24) is 4.57 Å². The summed E-state index contributed by atoms with van der Waals surface area (Å²) in [6, 6.07) is 7.73. The lowest BCUT2D eigenvalue weighted by Gasteiger charge is -2.25. The summed E-state index contributed by atoms with van der Waals surface area (Å²) in [5.41, 5.74) is 1.12. The van der Waals surface area contributed by atoms with Gasteiger partial charge in [0.15, 0.2) is 11.2 Å². The van der Waals surface area contributed by atoms with Gasteiger partial charge >= 0.3 is 0 Å². The molecule has 1 N–H and O–H groups in total. The van der Waals surface area contributed by atoms with Crippen LogP contribution in [0, 0.1) is 11.7 Å². The number of aromatic nitrogens is 1. The average Bonchev–Trinajstić information content (AvgIpc) is 2.72. The predicted octanol–water partition coefficient (Wildman–Crippen LogP) is 4.79. The summed E-state index contributed by atoms with van der Waals surface area (Å²) in [5.74, 6) is -0.376. The topological polar surface area (TPSA) is 68.5 Å². The summed E-state index contributed by atoms with van der Waals surface area (Å²) in [7, 11) is 1.50. The molecule has 0 aliphatic heterocycles. The summed E-state index contributed by atoms with van der Waals surface area (Å²) in [5, 5.41) is 10.3. The maximum Gasteiger partial charge on any atom is 0.200 e. The van der Waals surface area contributed by atoms with E-state index in [9.17, 15) is 19.1 Å². The number of carbonyl (C=O) groups excluding carboxylic acids is 1. The average molecular weight is 446 g/mol. The second-order valence-electron chi connectivity index (χ2n) is 7.90. The summed E-state index contributed by atoms with van der Waals surface area (Å²) in [6.45, 7) is 5.07. The van der Waals surface area contributed by atoms with Crippen molar-refractivity contribution in [3.05, 3.63) is 74.3 Å². The number of ether oxygens (including phenoxy) is 1. The highest BCUT2D eigenvalue weighted by molar-refractivity contribution is 6.30. The first-order chi connectivity index (χ1) is 14.7. The molecule has 1 atom stereocenters. The molecule has 31 heavy (non-hydrogen) atoms. The highest BCUT2D eigenvalue weighted by atomic mass is 35.5. The summed E-state index contributed by atoms with van der Waals surface area (Å²) in [6.07, 6.45) is 1.66.